The summed E-state index contributed by atoms with van der Waals surface area (Å²) in [6.07, 6.45) is 13.8. The molecule has 0 radical (unpaired) electrons. The molecule has 0 bridgehead atoms. The molecule has 1 aliphatic heterocycles. The molecule has 4 unspecified atom stereocenters. The van der Waals surface area contributed by atoms with E-state index in [0.717, 1.165) is 12.0 Å². The Bertz CT molecular complexity index is 887. The van der Waals surface area contributed by atoms with Crippen molar-refractivity contribution in [2.75, 3.05) is 0 Å². The molecule has 1 aromatic rings. The number of benzene rings is 1. The van der Waals surface area contributed by atoms with E-state index in [2.05, 4.69) is 6.08 Å². The highest BCUT2D eigenvalue weighted by molar-refractivity contribution is 5.75. The third-order valence-electron chi connectivity index (χ3n) is 7.41. The molecule has 1 aromatic carbocycles. The van der Waals surface area contributed by atoms with Gasteiger partial charge in [0.1, 0.15) is 11.9 Å². The Morgan fingerprint density at radius 2 is 1.97 bits per heavy atom. The van der Waals surface area contributed by atoms with E-state index in [4.69, 9.17) is 10.5 Å². The van der Waals surface area contributed by atoms with Crippen LogP contribution in [0.5, 0.6) is 0 Å². The highest BCUT2D eigenvalue weighted by Gasteiger charge is 2.53. The average Bonchev–Trinajstić information content (AvgIpc) is 3.03. The Labute approximate surface area is 178 Å². The minimum absolute atomic E-state index is 0.0121. The summed E-state index contributed by atoms with van der Waals surface area (Å²) in [5, 5.41) is 0. The van der Waals surface area contributed by atoms with E-state index >= 15 is 0 Å². The fourth-order valence-electron chi connectivity index (χ4n) is 5.96. The summed E-state index contributed by atoms with van der Waals surface area (Å²) in [4.78, 5) is 12.4. The lowest BCUT2D eigenvalue weighted by Gasteiger charge is -2.45. The van der Waals surface area contributed by atoms with Crippen LogP contribution in [0.25, 0.3) is 5.57 Å². The number of halogens is 1. The largest absolute Gasteiger partial charge is 0.462 e. The summed E-state index contributed by atoms with van der Waals surface area (Å²) >= 11 is 0. The summed E-state index contributed by atoms with van der Waals surface area (Å²) in [5.41, 5.74) is 8.31. The van der Waals surface area contributed by atoms with Crippen LogP contribution in [0.15, 0.2) is 54.3 Å². The van der Waals surface area contributed by atoms with Crippen LogP contribution in [-0.4, -0.2) is 12.1 Å². The number of ether oxygens (including phenoxy) is 1. The fourth-order valence-corrected chi connectivity index (χ4v) is 5.96. The number of hydrogen-bond donors (Lipinski definition) is 1. The number of cyclic esters (lactones) is 1. The lowest BCUT2D eigenvalue weighted by atomic mass is 9.57. The van der Waals surface area contributed by atoms with Crippen molar-refractivity contribution in [1.82, 2.24) is 0 Å². The molecule has 30 heavy (non-hydrogen) atoms. The molecule has 0 spiro atoms. The van der Waals surface area contributed by atoms with Crippen LogP contribution in [0.1, 0.15) is 51.5 Å². The van der Waals surface area contributed by atoms with Crippen molar-refractivity contribution >= 4 is 11.5 Å². The summed E-state index contributed by atoms with van der Waals surface area (Å²) in [7, 11) is 0. The summed E-state index contributed by atoms with van der Waals surface area (Å²) in [5.74, 6) is 1.57. The molecule has 2 saturated carbocycles. The topological polar surface area (TPSA) is 52.3 Å². The maximum Gasteiger partial charge on any atom is 0.309 e. The summed E-state index contributed by atoms with van der Waals surface area (Å²) in [6, 6.07) is 6.75. The van der Waals surface area contributed by atoms with Crippen molar-refractivity contribution in [1.29, 1.82) is 0 Å². The van der Waals surface area contributed by atoms with Gasteiger partial charge < -0.3 is 10.5 Å². The number of rotatable bonds is 4. The van der Waals surface area contributed by atoms with Crippen molar-refractivity contribution in [3.05, 3.63) is 65.6 Å². The molecule has 3 aliphatic rings. The predicted octanol–water partition coefficient (Wildman–Crippen LogP) is 5.63. The van der Waals surface area contributed by atoms with Gasteiger partial charge in [-0.3, -0.25) is 4.79 Å². The first kappa shape index (κ1) is 20.9. The van der Waals surface area contributed by atoms with Crippen molar-refractivity contribution in [2.45, 2.75) is 52.1 Å². The van der Waals surface area contributed by atoms with Gasteiger partial charge in [-0.05, 0) is 68.2 Å². The first-order valence-electron chi connectivity index (χ1n) is 11.2. The molecule has 0 aromatic heterocycles. The number of hydrogen-bond acceptors (Lipinski definition) is 3. The number of allylic oxidation sites excluding steroid dienone is 5. The van der Waals surface area contributed by atoms with Gasteiger partial charge >= 0.3 is 5.97 Å². The van der Waals surface area contributed by atoms with Crippen LogP contribution in [0.4, 0.5) is 4.39 Å². The third-order valence-corrected chi connectivity index (χ3v) is 7.41. The molecule has 1 saturated heterocycles. The van der Waals surface area contributed by atoms with Crippen LogP contribution < -0.4 is 5.73 Å². The van der Waals surface area contributed by atoms with Gasteiger partial charge in [0.05, 0.1) is 5.92 Å². The number of fused-ring (bicyclic) bond motifs is 2. The van der Waals surface area contributed by atoms with Gasteiger partial charge in [-0.1, -0.05) is 49.6 Å². The average molecular weight is 410 g/mol. The number of esters is 1. The zero-order valence-electron chi connectivity index (χ0n) is 17.9. The lowest BCUT2D eigenvalue weighted by Crippen LogP contribution is -2.42. The maximum atomic E-state index is 14.0. The normalized spacial score (nSPS) is 34.6. The van der Waals surface area contributed by atoms with Gasteiger partial charge in [0.2, 0.25) is 0 Å². The van der Waals surface area contributed by atoms with E-state index in [1.165, 1.54) is 31.7 Å². The Hall–Kier alpha value is -2.36. The lowest BCUT2D eigenvalue weighted by molar-refractivity contribution is -0.144. The highest BCUT2D eigenvalue weighted by Crippen LogP contribution is 2.53. The van der Waals surface area contributed by atoms with Gasteiger partial charge in [0, 0.05) is 17.2 Å². The van der Waals surface area contributed by atoms with Crippen molar-refractivity contribution < 1.29 is 13.9 Å². The standard InChI is InChI=1S/C26H32FNO2/c1-16(20-8-5-6-10-24(20)27)11-12-19(28)13-14-22-21-9-4-3-7-18(21)15-23-25(22)17(2)30-26(23)29/h5-6,8,10-14,17-18,21-23,25H,3-4,7,9,15,28H2,1-2H3/b14-13+,16-11+,19-12-/t17-,18?,21-,22?,23?,25?/m1/s1. The molecule has 3 nitrogen and oxygen atoms in total. The SMILES string of the molecule is C\C(=C/C=C(N)/C=C/C1C2C(CC3CCCC[C@H]31)C(=O)O[C@@H]2C)c1ccccc1F. The fraction of sp³-hybridized carbons (Fsp3) is 0.500. The molecule has 6 atom stereocenters. The molecule has 2 aliphatic carbocycles. The van der Waals surface area contributed by atoms with Gasteiger partial charge in [-0.15, -0.1) is 0 Å². The Balaban J connectivity index is 1.54. The number of nitrogens with two attached hydrogens (primary N) is 1. The molecular weight excluding hydrogens is 377 g/mol. The van der Waals surface area contributed by atoms with Crippen LogP contribution in [0, 0.1) is 35.4 Å². The first-order chi connectivity index (χ1) is 14.5. The van der Waals surface area contributed by atoms with Crippen LogP contribution in [0.2, 0.25) is 0 Å². The van der Waals surface area contributed by atoms with E-state index in [0.29, 0.717) is 29.0 Å². The Morgan fingerprint density at radius 3 is 2.77 bits per heavy atom. The van der Waals surface area contributed by atoms with Gasteiger partial charge in [0.15, 0.2) is 0 Å². The molecule has 4 heteroatoms. The molecule has 160 valence electrons. The van der Waals surface area contributed by atoms with Crippen LogP contribution >= 0.6 is 0 Å². The summed E-state index contributed by atoms with van der Waals surface area (Å²) in [6.45, 7) is 3.92. The predicted molar refractivity (Wildman–Crippen MR) is 118 cm³/mol. The number of carbonyl (C=O) groups excluding carboxylic acids is 1. The van der Waals surface area contributed by atoms with E-state index in [1.54, 1.807) is 12.1 Å². The van der Waals surface area contributed by atoms with Gasteiger partial charge in [0.25, 0.3) is 0 Å². The van der Waals surface area contributed by atoms with Crippen molar-refractivity contribution in [3.8, 4) is 0 Å². The second kappa shape index (κ2) is 8.79. The second-order valence-electron chi connectivity index (χ2n) is 9.20. The van der Waals surface area contributed by atoms with Gasteiger partial charge in [-0.25, -0.2) is 4.39 Å². The summed E-state index contributed by atoms with van der Waals surface area (Å²) < 4.78 is 19.6. The van der Waals surface area contributed by atoms with E-state index in [-0.39, 0.29) is 29.7 Å². The molecular formula is C26H32FNO2. The number of carbonyl (C=O) groups is 1. The van der Waals surface area contributed by atoms with E-state index in [1.807, 2.05) is 38.1 Å². The second-order valence-corrected chi connectivity index (χ2v) is 9.20. The zero-order chi connectivity index (χ0) is 21.3. The quantitative estimate of drug-likeness (QED) is 0.518. The van der Waals surface area contributed by atoms with Crippen LogP contribution in [-0.2, 0) is 9.53 Å². The third kappa shape index (κ3) is 4.10. The highest BCUT2D eigenvalue weighted by atomic mass is 19.1. The van der Waals surface area contributed by atoms with E-state index in [9.17, 15) is 9.18 Å². The smallest absolute Gasteiger partial charge is 0.309 e. The Morgan fingerprint density at radius 1 is 1.20 bits per heavy atom. The Kier molecular flexibility index (Phi) is 6.12. The van der Waals surface area contributed by atoms with E-state index < -0.39 is 0 Å². The zero-order valence-corrected chi connectivity index (χ0v) is 17.9. The minimum Gasteiger partial charge on any atom is -0.462 e. The van der Waals surface area contributed by atoms with Crippen LogP contribution in [0.3, 0.4) is 0 Å². The van der Waals surface area contributed by atoms with Gasteiger partial charge in [-0.2, -0.15) is 0 Å². The molecule has 0 amide bonds. The van der Waals surface area contributed by atoms with Crippen molar-refractivity contribution in [3.63, 3.8) is 0 Å². The minimum atomic E-state index is -0.231. The monoisotopic (exact) mass is 409 g/mol. The molecule has 4 rings (SSSR count). The first-order valence-corrected chi connectivity index (χ1v) is 11.2. The molecule has 2 N–H and O–H groups in total. The maximum absolute atomic E-state index is 14.0. The van der Waals surface area contributed by atoms with Crippen molar-refractivity contribution in [2.24, 2.45) is 35.3 Å². The molecule has 3 fully saturated rings. The molecule has 1 heterocycles.